The number of thiophene rings is 1. The number of benzene rings is 4. The SMILES string of the molecule is Cc1ccccc1C(=O)Nc1cccc(SC(C(=O)Nc2scc(-c3ccccc3)c2C#N)c2ccccc2)c1. The van der Waals surface area contributed by atoms with Crippen LogP contribution in [0.1, 0.15) is 32.3 Å². The molecule has 0 saturated carbocycles. The summed E-state index contributed by atoms with van der Waals surface area (Å²) in [6.45, 7) is 1.90. The summed E-state index contributed by atoms with van der Waals surface area (Å²) in [5, 5.41) is 17.7. The number of anilines is 2. The Morgan fingerprint density at radius 2 is 1.55 bits per heavy atom. The molecule has 1 aromatic heterocycles. The Morgan fingerprint density at radius 1 is 0.850 bits per heavy atom. The standard InChI is InChI=1S/C33H25N3O2S2/c1-22-11-8-9-18-27(22)31(37)35-25-16-10-17-26(19-25)40-30(24-14-6-3-7-15-24)32(38)36-33-28(20-34)29(21-39-33)23-12-4-2-5-13-23/h2-19,21,30H,1H3,(H,35,37)(H,36,38). The third kappa shape index (κ3) is 6.15. The van der Waals surface area contributed by atoms with Gasteiger partial charge in [-0.1, -0.05) is 84.9 Å². The zero-order valence-corrected chi connectivity index (χ0v) is 23.3. The van der Waals surface area contributed by atoms with Crippen molar-refractivity contribution in [2.24, 2.45) is 0 Å². The van der Waals surface area contributed by atoms with Gasteiger partial charge in [-0.15, -0.1) is 23.1 Å². The van der Waals surface area contributed by atoms with Gasteiger partial charge in [-0.25, -0.2) is 0 Å². The number of nitrogens with one attached hydrogen (secondary N) is 2. The van der Waals surface area contributed by atoms with E-state index in [0.29, 0.717) is 21.8 Å². The highest BCUT2D eigenvalue weighted by Crippen LogP contribution is 2.40. The smallest absolute Gasteiger partial charge is 0.255 e. The van der Waals surface area contributed by atoms with Gasteiger partial charge in [-0.05, 0) is 47.9 Å². The van der Waals surface area contributed by atoms with Crippen LogP contribution in [0.25, 0.3) is 11.1 Å². The van der Waals surface area contributed by atoms with E-state index in [1.807, 2.05) is 115 Å². The molecule has 2 amide bonds. The van der Waals surface area contributed by atoms with Crippen LogP contribution in [0.5, 0.6) is 0 Å². The van der Waals surface area contributed by atoms with Crippen molar-refractivity contribution in [2.45, 2.75) is 17.1 Å². The summed E-state index contributed by atoms with van der Waals surface area (Å²) in [5.74, 6) is -0.419. The zero-order valence-electron chi connectivity index (χ0n) is 21.6. The van der Waals surface area contributed by atoms with Gasteiger partial charge in [0.25, 0.3) is 5.91 Å². The van der Waals surface area contributed by atoms with E-state index in [0.717, 1.165) is 27.1 Å². The minimum atomic E-state index is -0.586. The van der Waals surface area contributed by atoms with Crippen LogP contribution >= 0.6 is 23.1 Å². The Bertz CT molecular complexity index is 1690. The molecule has 0 aliphatic carbocycles. The molecule has 4 aromatic carbocycles. The van der Waals surface area contributed by atoms with E-state index in [1.165, 1.54) is 23.1 Å². The van der Waals surface area contributed by atoms with E-state index in [4.69, 9.17) is 0 Å². The molecule has 1 atom stereocenters. The number of hydrogen-bond acceptors (Lipinski definition) is 5. The fraction of sp³-hybridized carbons (Fsp3) is 0.0606. The van der Waals surface area contributed by atoms with E-state index in [-0.39, 0.29) is 11.8 Å². The summed E-state index contributed by atoms with van der Waals surface area (Å²) in [6, 6.07) is 36.4. The Kier molecular flexibility index (Phi) is 8.41. The van der Waals surface area contributed by atoms with Gasteiger partial charge in [0.2, 0.25) is 5.91 Å². The first-order valence-electron chi connectivity index (χ1n) is 12.6. The largest absolute Gasteiger partial charge is 0.322 e. The maximum atomic E-state index is 13.7. The molecule has 0 radical (unpaired) electrons. The fourth-order valence-electron chi connectivity index (χ4n) is 4.28. The van der Waals surface area contributed by atoms with Gasteiger partial charge in [0.1, 0.15) is 16.3 Å². The Morgan fingerprint density at radius 3 is 2.27 bits per heavy atom. The van der Waals surface area contributed by atoms with Crippen molar-refractivity contribution in [3.8, 4) is 17.2 Å². The molecule has 5 rings (SSSR count). The summed E-state index contributed by atoms with van der Waals surface area (Å²) in [6.07, 6.45) is 0. The molecular weight excluding hydrogens is 535 g/mol. The van der Waals surface area contributed by atoms with Crippen molar-refractivity contribution < 1.29 is 9.59 Å². The van der Waals surface area contributed by atoms with Crippen molar-refractivity contribution >= 4 is 45.6 Å². The number of hydrogen-bond donors (Lipinski definition) is 2. The second-order valence-corrected chi connectivity index (χ2v) is 11.1. The average Bonchev–Trinajstić information content (AvgIpc) is 3.39. The summed E-state index contributed by atoms with van der Waals surface area (Å²) >= 11 is 2.72. The first-order chi connectivity index (χ1) is 19.5. The lowest BCUT2D eigenvalue weighted by Crippen LogP contribution is -2.19. The first kappa shape index (κ1) is 26.9. The monoisotopic (exact) mass is 559 g/mol. The summed E-state index contributed by atoms with van der Waals surface area (Å²) in [5.41, 5.74) is 5.15. The Labute approximate surface area is 241 Å². The van der Waals surface area contributed by atoms with Crippen molar-refractivity contribution in [1.82, 2.24) is 0 Å². The third-order valence-corrected chi connectivity index (χ3v) is 8.44. The third-order valence-electron chi connectivity index (χ3n) is 6.30. The summed E-state index contributed by atoms with van der Waals surface area (Å²) in [4.78, 5) is 27.4. The van der Waals surface area contributed by atoms with Crippen LogP contribution in [0.4, 0.5) is 10.7 Å². The lowest BCUT2D eigenvalue weighted by Gasteiger charge is -2.17. The van der Waals surface area contributed by atoms with Gasteiger partial charge in [0, 0.05) is 27.1 Å². The molecule has 1 unspecified atom stereocenters. The molecule has 2 N–H and O–H groups in total. The van der Waals surface area contributed by atoms with E-state index in [2.05, 4.69) is 16.7 Å². The second-order valence-electron chi connectivity index (χ2n) is 9.03. The number of nitrogens with zero attached hydrogens (tertiary/aromatic N) is 1. The van der Waals surface area contributed by atoms with Crippen LogP contribution < -0.4 is 10.6 Å². The van der Waals surface area contributed by atoms with Gasteiger partial charge < -0.3 is 10.6 Å². The van der Waals surface area contributed by atoms with Gasteiger partial charge in [-0.2, -0.15) is 5.26 Å². The fourth-order valence-corrected chi connectivity index (χ4v) is 6.28. The van der Waals surface area contributed by atoms with Crippen molar-refractivity contribution in [3.63, 3.8) is 0 Å². The molecule has 0 bridgehead atoms. The number of thioether (sulfide) groups is 1. The van der Waals surface area contributed by atoms with E-state index >= 15 is 0 Å². The highest BCUT2D eigenvalue weighted by molar-refractivity contribution is 8.00. The summed E-state index contributed by atoms with van der Waals surface area (Å²) < 4.78 is 0. The number of carbonyl (C=O) groups is 2. The molecule has 7 heteroatoms. The minimum Gasteiger partial charge on any atom is -0.322 e. The number of rotatable bonds is 8. The molecule has 0 saturated heterocycles. The Hall–Kier alpha value is -4.64. The van der Waals surface area contributed by atoms with Crippen LogP contribution in [0.2, 0.25) is 0 Å². The molecule has 0 aliphatic heterocycles. The van der Waals surface area contributed by atoms with Crippen molar-refractivity contribution in [1.29, 1.82) is 5.26 Å². The van der Waals surface area contributed by atoms with Gasteiger partial charge in [-0.3, -0.25) is 9.59 Å². The molecule has 0 aliphatic rings. The van der Waals surface area contributed by atoms with E-state index in [9.17, 15) is 14.9 Å². The highest BCUT2D eigenvalue weighted by atomic mass is 32.2. The zero-order chi connectivity index (χ0) is 27.9. The lowest BCUT2D eigenvalue weighted by molar-refractivity contribution is -0.115. The number of aryl methyl sites for hydroxylation is 1. The van der Waals surface area contributed by atoms with Crippen molar-refractivity contribution in [2.75, 3.05) is 10.6 Å². The quantitative estimate of drug-likeness (QED) is 0.187. The molecule has 5 aromatic rings. The molecule has 5 nitrogen and oxygen atoms in total. The Balaban J connectivity index is 1.39. The number of nitriles is 1. The molecule has 1 heterocycles. The normalized spacial score (nSPS) is 11.3. The number of amides is 2. The topological polar surface area (TPSA) is 82.0 Å². The van der Waals surface area contributed by atoms with E-state index in [1.54, 1.807) is 6.07 Å². The van der Waals surface area contributed by atoms with Crippen LogP contribution in [0.15, 0.2) is 119 Å². The predicted octanol–water partition coefficient (Wildman–Crippen LogP) is 8.32. The maximum Gasteiger partial charge on any atom is 0.255 e. The van der Waals surface area contributed by atoms with E-state index < -0.39 is 5.25 Å². The second kappa shape index (κ2) is 12.5. The minimum absolute atomic E-state index is 0.187. The molecule has 0 fully saturated rings. The van der Waals surface area contributed by atoms with Crippen LogP contribution in [0.3, 0.4) is 0 Å². The first-order valence-corrected chi connectivity index (χ1v) is 14.4. The van der Waals surface area contributed by atoms with Crippen LogP contribution in [-0.4, -0.2) is 11.8 Å². The average molecular weight is 560 g/mol. The van der Waals surface area contributed by atoms with Crippen LogP contribution in [0, 0.1) is 18.3 Å². The summed E-state index contributed by atoms with van der Waals surface area (Å²) in [7, 11) is 0. The lowest BCUT2D eigenvalue weighted by atomic mass is 10.1. The highest BCUT2D eigenvalue weighted by Gasteiger charge is 2.25. The van der Waals surface area contributed by atoms with Crippen LogP contribution in [-0.2, 0) is 4.79 Å². The van der Waals surface area contributed by atoms with Gasteiger partial charge in [0.15, 0.2) is 0 Å². The molecule has 0 spiro atoms. The molecular formula is C33H25N3O2S2. The van der Waals surface area contributed by atoms with Gasteiger partial charge >= 0.3 is 0 Å². The van der Waals surface area contributed by atoms with Gasteiger partial charge in [0.05, 0.1) is 5.56 Å². The number of carbonyl (C=O) groups excluding carboxylic acids is 2. The molecule has 196 valence electrons. The molecule has 40 heavy (non-hydrogen) atoms. The predicted molar refractivity (Wildman–Crippen MR) is 164 cm³/mol. The van der Waals surface area contributed by atoms with Crippen molar-refractivity contribution in [3.05, 3.63) is 137 Å². The maximum absolute atomic E-state index is 13.7.